The summed E-state index contributed by atoms with van der Waals surface area (Å²) in [5.41, 5.74) is 2.22. The largest absolute Gasteiger partial charge is 0.392 e. The van der Waals surface area contributed by atoms with Crippen LogP contribution in [0.4, 0.5) is 0 Å². The van der Waals surface area contributed by atoms with Crippen molar-refractivity contribution in [2.45, 2.75) is 20.1 Å². The van der Waals surface area contributed by atoms with Gasteiger partial charge in [0.1, 0.15) is 0 Å². The Labute approximate surface area is 65.3 Å². The number of hydrogen-bond donors (Lipinski definition) is 2. The van der Waals surface area contributed by atoms with Gasteiger partial charge in [-0.2, -0.15) is 0 Å². The van der Waals surface area contributed by atoms with Crippen LogP contribution in [0.15, 0.2) is 12.1 Å². The Bertz CT molecular complexity index is 226. The molecule has 1 aromatic rings. The Hall–Kier alpha value is -0.930. The van der Waals surface area contributed by atoms with Crippen molar-refractivity contribution in [2.24, 2.45) is 0 Å². The first-order valence-electron chi connectivity index (χ1n) is 3.44. The summed E-state index contributed by atoms with van der Waals surface area (Å²) in [5, 5.41) is 17.5. The molecule has 1 heterocycles. The lowest BCUT2D eigenvalue weighted by Crippen LogP contribution is -1.95. The van der Waals surface area contributed by atoms with Gasteiger partial charge in [-0.3, -0.25) is 4.98 Å². The van der Waals surface area contributed by atoms with Crippen LogP contribution in [0.2, 0.25) is 0 Å². The molecule has 11 heavy (non-hydrogen) atoms. The molecule has 0 unspecified atom stereocenters. The van der Waals surface area contributed by atoms with Crippen molar-refractivity contribution < 1.29 is 10.2 Å². The molecular formula is C8H11NO2. The zero-order chi connectivity index (χ0) is 8.27. The lowest BCUT2D eigenvalue weighted by Gasteiger charge is -2.01. The number of nitrogens with zero attached hydrogens (tertiary/aromatic N) is 1. The average Bonchev–Trinajstić information content (AvgIpc) is 2.03. The van der Waals surface area contributed by atoms with Crippen molar-refractivity contribution in [2.75, 3.05) is 0 Å². The van der Waals surface area contributed by atoms with E-state index < -0.39 is 0 Å². The van der Waals surface area contributed by atoms with E-state index in [1.165, 1.54) is 0 Å². The van der Waals surface area contributed by atoms with Crippen LogP contribution in [0, 0.1) is 6.92 Å². The molecule has 0 atom stereocenters. The highest BCUT2D eigenvalue weighted by atomic mass is 16.3. The molecule has 2 N–H and O–H groups in total. The number of aromatic nitrogens is 1. The number of rotatable bonds is 2. The van der Waals surface area contributed by atoms with Crippen LogP contribution in [-0.4, -0.2) is 15.2 Å². The zero-order valence-corrected chi connectivity index (χ0v) is 6.41. The van der Waals surface area contributed by atoms with Crippen molar-refractivity contribution in [1.29, 1.82) is 0 Å². The van der Waals surface area contributed by atoms with Crippen molar-refractivity contribution in [3.63, 3.8) is 0 Å². The highest BCUT2D eigenvalue weighted by molar-refractivity contribution is 5.19. The van der Waals surface area contributed by atoms with Crippen LogP contribution in [0.1, 0.15) is 17.0 Å². The summed E-state index contributed by atoms with van der Waals surface area (Å²) in [6, 6.07) is 3.48. The minimum Gasteiger partial charge on any atom is -0.392 e. The van der Waals surface area contributed by atoms with E-state index >= 15 is 0 Å². The number of aliphatic hydroxyl groups is 2. The highest BCUT2D eigenvalue weighted by Gasteiger charge is 1.96. The summed E-state index contributed by atoms with van der Waals surface area (Å²) < 4.78 is 0. The fourth-order valence-electron chi connectivity index (χ4n) is 0.987. The molecule has 0 saturated heterocycles. The van der Waals surface area contributed by atoms with Gasteiger partial charge in [-0.15, -0.1) is 0 Å². The first-order chi connectivity index (χ1) is 5.26. The van der Waals surface area contributed by atoms with Crippen LogP contribution >= 0.6 is 0 Å². The maximum atomic E-state index is 8.77. The third-order valence-electron chi connectivity index (χ3n) is 1.41. The van der Waals surface area contributed by atoms with Gasteiger partial charge in [0, 0.05) is 5.69 Å². The summed E-state index contributed by atoms with van der Waals surface area (Å²) >= 11 is 0. The number of aryl methyl sites for hydroxylation is 1. The molecule has 60 valence electrons. The fourth-order valence-corrected chi connectivity index (χ4v) is 0.987. The summed E-state index contributed by atoms with van der Waals surface area (Å²) in [7, 11) is 0. The van der Waals surface area contributed by atoms with Crippen LogP contribution in [0.25, 0.3) is 0 Å². The van der Waals surface area contributed by atoms with Gasteiger partial charge in [0.25, 0.3) is 0 Å². The molecule has 0 aliphatic rings. The quantitative estimate of drug-likeness (QED) is 0.645. The molecule has 0 radical (unpaired) electrons. The second-order valence-corrected chi connectivity index (χ2v) is 2.42. The molecule has 0 bridgehead atoms. The number of aliphatic hydroxyl groups excluding tert-OH is 2. The SMILES string of the molecule is Cc1cc(CO)cc(CO)n1. The Morgan fingerprint density at radius 3 is 2.55 bits per heavy atom. The van der Waals surface area contributed by atoms with Crippen molar-refractivity contribution in [1.82, 2.24) is 4.98 Å². The second-order valence-electron chi connectivity index (χ2n) is 2.42. The van der Waals surface area contributed by atoms with Gasteiger partial charge in [0.05, 0.1) is 18.9 Å². The first-order valence-corrected chi connectivity index (χ1v) is 3.44. The standard InChI is InChI=1S/C8H11NO2/c1-6-2-7(4-10)3-8(5-11)9-6/h2-3,10-11H,4-5H2,1H3. The van der Waals surface area contributed by atoms with Crippen molar-refractivity contribution in [3.05, 3.63) is 29.1 Å². The van der Waals surface area contributed by atoms with Gasteiger partial charge in [-0.25, -0.2) is 0 Å². The second kappa shape index (κ2) is 3.46. The van der Waals surface area contributed by atoms with Crippen LogP contribution < -0.4 is 0 Å². The van der Waals surface area contributed by atoms with E-state index in [4.69, 9.17) is 10.2 Å². The fraction of sp³-hybridized carbons (Fsp3) is 0.375. The van der Waals surface area contributed by atoms with Gasteiger partial charge >= 0.3 is 0 Å². The topological polar surface area (TPSA) is 53.4 Å². The number of hydrogen-bond acceptors (Lipinski definition) is 3. The van der Waals surface area contributed by atoms with E-state index in [0.717, 1.165) is 11.3 Å². The predicted octanol–water partition coefficient (Wildman–Crippen LogP) is 0.375. The smallest absolute Gasteiger partial charge is 0.0853 e. The van der Waals surface area contributed by atoms with E-state index in [1.54, 1.807) is 12.1 Å². The van der Waals surface area contributed by atoms with E-state index in [1.807, 2.05) is 6.92 Å². The lowest BCUT2D eigenvalue weighted by molar-refractivity contribution is 0.271. The lowest BCUT2D eigenvalue weighted by atomic mass is 10.2. The Kier molecular flexibility index (Phi) is 2.57. The maximum absolute atomic E-state index is 8.77. The van der Waals surface area contributed by atoms with Crippen LogP contribution in [0.3, 0.4) is 0 Å². The predicted molar refractivity (Wildman–Crippen MR) is 40.8 cm³/mol. The molecule has 3 nitrogen and oxygen atoms in total. The van der Waals surface area contributed by atoms with Gasteiger partial charge in [-0.05, 0) is 24.6 Å². The van der Waals surface area contributed by atoms with E-state index in [-0.39, 0.29) is 13.2 Å². The molecule has 0 amide bonds. The molecule has 0 spiro atoms. The molecule has 0 saturated carbocycles. The summed E-state index contributed by atoms with van der Waals surface area (Å²) in [5.74, 6) is 0. The molecule has 1 rings (SSSR count). The van der Waals surface area contributed by atoms with Gasteiger partial charge < -0.3 is 10.2 Å². The zero-order valence-electron chi connectivity index (χ0n) is 6.41. The molecule has 3 heteroatoms. The third-order valence-corrected chi connectivity index (χ3v) is 1.41. The molecule has 0 aliphatic heterocycles. The Morgan fingerprint density at radius 1 is 1.27 bits per heavy atom. The van der Waals surface area contributed by atoms with E-state index in [0.29, 0.717) is 5.69 Å². The normalized spacial score (nSPS) is 10.1. The van der Waals surface area contributed by atoms with Crippen molar-refractivity contribution >= 4 is 0 Å². The van der Waals surface area contributed by atoms with Gasteiger partial charge in [-0.1, -0.05) is 0 Å². The van der Waals surface area contributed by atoms with E-state index in [2.05, 4.69) is 4.98 Å². The number of pyridine rings is 1. The third kappa shape index (κ3) is 2.00. The first kappa shape index (κ1) is 8.17. The Morgan fingerprint density at radius 2 is 2.00 bits per heavy atom. The molecule has 1 aromatic heterocycles. The maximum Gasteiger partial charge on any atom is 0.0853 e. The molecular weight excluding hydrogens is 142 g/mol. The highest BCUT2D eigenvalue weighted by Crippen LogP contribution is 2.05. The minimum atomic E-state index is -0.0747. The van der Waals surface area contributed by atoms with E-state index in [9.17, 15) is 0 Å². The van der Waals surface area contributed by atoms with Gasteiger partial charge in [0.2, 0.25) is 0 Å². The minimum absolute atomic E-state index is 0.00361. The van der Waals surface area contributed by atoms with Crippen LogP contribution in [-0.2, 0) is 13.2 Å². The van der Waals surface area contributed by atoms with Crippen molar-refractivity contribution in [3.8, 4) is 0 Å². The monoisotopic (exact) mass is 153 g/mol. The summed E-state index contributed by atoms with van der Waals surface area (Å²) in [6.45, 7) is 1.75. The molecule has 0 aliphatic carbocycles. The average molecular weight is 153 g/mol. The summed E-state index contributed by atoms with van der Waals surface area (Å²) in [4.78, 5) is 4.04. The van der Waals surface area contributed by atoms with Crippen LogP contribution in [0.5, 0.6) is 0 Å². The van der Waals surface area contributed by atoms with Gasteiger partial charge in [0.15, 0.2) is 0 Å². The Balaban J connectivity index is 3.02. The molecule has 0 fully saturated rings. The summed E-state index contributed by atoms with van der Waals surface area (Å²) in [6.07, 6.45) is 0. The molecule has 0 aromatic carbocycles.